The molecule has 3 aliphatic rings. The minimum Gasteiger partial charge on any atom is -0.370 e. The van der Waals surface area contributed by atoms with E-state index in [9.17, 15) is 4.21 Å². The number of hydrogen-bond donors (Lipinski definition) is 1. The first-order valence-corrected chi connectivity index (χ1v) is 11.1. The zero-order chi connectivity index (χ0) is 18.4. The maximum absolute atomic E-state index is 11.6. The number of benzene rings is 1. The summed E-state index contributed by atoms with van der Waals surface area (Å²) in [5.74, 6) is 3.31. The molecule has 1 aromatic carbocycles. The van der Waals surface area contributed by atoms with E-state index in [4.69, 9.17) is 4.98 Å². The molecule has 0 radical (unpaired) electrons. The SMILES string of the molecule is CN1NN(CC2CC2)c2ccc(-c3cccc(N4CCS(=O)CC4)c3)nc21. The van der Waals surface area contributed by atoms with E-state index < -0.39 is 10.8 Å². The predicted octanol–water partition coefficient (Wildman–Crippen LogP) is 2.40. The van der Waals surface area contributed by atoms with Crippen LogP contribution in [0, 0.1) is 5.92 Å². The first-order valence-electron chi connectivity index (χ1n) is 9.66. The Hall–Kier alpha value is -2.12. The van der Waals surface area contributed by atoms with Crippen LogP contribution in [0.4, 0.5) is 17.2 Å². The molecule has 6 nitrogen and oxygen atoms in total. The molecule has 1 aromatic heterocycles. The number of fused-ring (bicyclic) bond motifs is 1. The maximum atomic E-state index is 11.6. The molecule has 7 heteroatoms. The third-order valence-corrected chi connectivity index (χ3v) is 6.83. The number of hydrazine groups is 2. The average Bonchev–Trinajstić information content (AvgIpc) is 3.46. The van der Waals surface area contributed by atoms with E-state index in [2.05, 4.69) is 51.8 Å². The molecule has 2 aromatic rings. The lowest BCUT2D eigenvalue weighted by Crippen LogP contribution is -2.43. The molecule has 0 spiro atoms. The summed E-state index contributed by atoms with van der Waals surface area (Å²) in [6.07, 6.45) is 2.67. The highest BCUT2D eigenvalue weighted by Gasteiger charge is 2.31. The van der Waals surface area contributed by atoms with Crippen molar-refractivity contribution in [3.05, 3.63) is 36.4 Å². The van der Waals surface area contributed by atoms with Crippen molar-refractivity contribution in [3.63, 3.8) is 0 Å². The second-order valence-electron chi connectivity index (χ2n) is 7.64. The third kappa shape index (κ3) is 3.41. The van der Waals surface area contributed by atoms with Gasteiger partial charge in [-0.15, -0.1) is 5.53 Å². The number of rotatable bonds is 4. The highest BCUT2D eigenvalue weighted by Crippen LogP contribution is 2.37. The van der Waals surface area contributed by atoms with Gasteiger partial charge in [0.25, 0.3) is 0 Å². The van der Waals surface area contributed by atoms with Crippen molar-refractivity contribution >= 4 is 28.0 Å². The zero-order valence-corrected chi connectivity index (χ0v) is 16.4. The molecule has 0 atom stereocenters. The predicted molar refractivity (Wildman–Crippen MR) is 111 cm³/mol. The van der Waals surface area contributed by atoms with Crippen LogP contribution in [0.5, 0.6) is 0 Å². The van der Waals surface area contributed by atoms with Crippen molar-refractivity contribution in [1.29, 1.82) is 0 Å². The Kier molecular flexibility index (Phi) is 4.28. The zero-order valence-electron chi connectivity index (χ0n) is 15.6. The molecule has 2 fully saturated rings. The van der Waals surface area contributed by atoms with Gasteiger partial charge < -0.3 is 4.90 Å². The van der Waals surface area contributed by atoms with Crippen molar-refractivity contribution < 1.29 is 4.21 Å². The first-order chi connectivity index (χ1) is 13.2. The maximum Gasteiger partial charge on any atom is 0.169 e. The van der Waals surface area contributed by atoms with Gasteiger partial charge in [0, 0.05) is 60.2 Å². The minimum absolute atomic E-state index is 0.655. The topological polar surface area (TPSA) is 51.7 Å². The standard InChI is InChI=1S/C20H25N5OS/c1-23-20-19(25(22-23)14-15-5-6-15)8-7-18(21-20)16-3-2-4-17(13-16)24-9-11-27(26)12-10-24/h2-4,7-8,13,15,22H,5-6,9-12,14H2,1H3. The molecule has 1 saturated heterocycles. The van der Waals surface area contributed by atoms with E-state index in [1.54, 1.807) is 0 Å². The Labute approximate surface area is 162 Å². The van der Waals surface area contributed by atoms with Gasteiger partial charge in [0.15, 0.2) is 5.82 Å². The molecule has 5 rings (SSSR count). The molecule has 1 aliphatic carbocycles. The fourth-order valence-corrected chi connectivity index (χ4v) is 4.85. The molecule has 142 valence electrons. The number of pyridine rings is 1. The van der Waals surface area contributed by atoms with Gasteiger partial charge in [0.2, 0.25) is 0 Å². The van der Waals surface area contributed by atoms with Crippen LogP contribution in [-0.2, 0) is 10.8 Å². The summed E-state index contributed by atoms with van der Waals surface area (Å²) in [5.41, 5.74) is 7.85. The van der Waals surface area contributed by atoms with Crippen LogP contribution in [-0.4, -0.2) is 47.4 Å². The highest BCUT2D eigenvalue weighted by atomic mass is 32.2. The molecule has 0 bridgehead atoms. The number of anilines is 3. The lowest BCUT2D eigenvalue weighted by Gasteiger charge is -2.28. The molecule has 0 unspecified atom stereocenters. The Morgan fingerprint density at radius 1 is 1.19 bits per heavy atom. The monoisotopic (exact) mass is 383 g/mol. The van der Waals surface area contributed by atoms with Crippen molar-refractivity contribution in [2.45, 2.75) is 12.8 Å². The summed E-state index contributed by atoms with van der Waals surface area (Å²) in [6.45, 7) is 2.76. The van der Waals surface area contributed by atoms with Crippen LogP contribution >= 0.6 is 0 Å². The van der Waals surface area contributed by atoms with Gasteiger partial charge in [0.1, 0.15) is 0 Å². The van der Waals surface area contributed by atoms with Crippen LogP contribution < -0.4 is 20.5 Å². The van der Waals surface area contributed by atoms with Crippen LogP contribution in [0.1, 0.15) is 12.8 Å². The summed E-state index contributed by atoms with van der Waals surface area (Å²) < 4.78 is 11.6. The van der Waals surface area contributed by atoms with Crippen LogP contribution in [0.25, 0.3) is 11.3 Å². The lowest BCUT2D eigenvalue weighted by atomic mass is 10.1. The molecule has 0 amide bonds. The van der Waals surface area contributed by atoms with Gasteiger partial charge in [-0.1, -0.05) is 12.1 Å². The normalized spacial score (nSPS) is 20.3. The Morgan fingerprint density at radius 3 is 2.78 bits per heavy atom. The number of aromatic nitrogens is 1. The number of hydrogen-bond acceptors (Lipinski definition) is 6. The van der Waals surface area contributed by atoms with Crippen molar-refractivity contribution in [1.82, 2.24) is 10.5 Å². The lowest BCUT2D eigenvalue weighted by molar-refractivity contribution is 0.619. The van der Waals surface area contributed by atoms with Crippen LogP contribution in [0.15, 0.2) is 36.4 Å². The summed E-state index contributed by atoms with van der Waals surface area (Å²) in [7, 11) is 1.37. The minimum atomic E-state index is -0.655. The van der Waals surface area contributed by atoms with Gasteiger partial charge in [-0.3, -0.25) is 14.2 Å². The van der Waals surface area contributed by atoms with Crippen molar-refractivity contribution in [3.8, 4) is 11.3 Å². The second kappa shape index (κ2) is 6.80. The van der Waals surface area contributed by atoms with Crippen LogP contribution in [0.3, 0.4) is 0 Å². The smallest absolute Gasteiger partial charge is 0.169 e. The van der Waals surface area contributed by atoms with E-state index in [0.29, 0.717) is 0 Å². The molecular weight excluding hydrogens is 358 g/mol. The summed E-state index contributed by atoms with van der Waals surface area (Å²) in [5, 5.41) is 4.22. The van der Waals surface area contributed by atoms with Crippen molar-refractivity contribution in [2.75, 3.05) is 53.1 Å². The average molecular weight is 384 g/mol. The molecule has 27 heavy (non-hydrogen) atoms. The Bertz CT molecular complexity index is 874. The number of nitrogens with one attached hydrogen (secondary N) is 1. The van der Waals surface area contributed by atoms with Gasteiger partial charge in [0.05, 0.1) is 11.4 Å². The first kappa shape index (κ1) is 17.0. The fraction of sp³-hybridized carbons (Fsp3) is 0.450. The van der Waals surface area contributed by atoms with E-state index in [1.807, 2.05) is 12.1 Å². The van der Waals surface area contributed by atoms with E-state index >= 15 is 0 Å². The molecule has 3 heterocycles. The quantitative estimate of drug-likeness (QED) is 0.875. The van der Waals surface area contributed by atoms with Gasteiger partial charge in [-0.25, -0.2) is 4.98 Å². The molecule has 1 saturated carbocycles. The Balaban J connectivity index is 1.41. The Morgan fingerprint density at radius 2 is 2.00 bits per heavy atom. The fourth-order valence-electron chi connectivity index (χ4n) is 3.80. The van der Waals surface area contributed by atoms with Crippen molar-refractivity contribution in [2.24, 2.45) is 5.92 Å². The summed E-state index contributed by atoms with van der Waals surface area (Å²) in [4.78, 5) is 7.26. The summed E-state index contributed by atoms with van der Waals surface area (Å²) >= 11 is 0. The molecule has 2 aliphatic heterocycles. The van der Waals surface area contributed by atoms with E-state index in [0.717, 1.165) is 59.8 Å². The second-order valence-corrected chi connectivity index (χ2v) is 9.33. The van der Waals surface area contributed by atoms with Gasteiger partial charge in [-0.05, 0) is 43.0 Å². The van der Waals surface area contributed by atoms with E-state index in [1.165, 1.54) is 18.5 Å². The number of nitrogens with zero attached hydrogens (tertiary/aromatic N) is 4. The molecular formula is C20H25N5OS. The largest absolute Gasteiger partial charge is 0.370 e. The highest BCUT2D eigenvalue weighted by molar-refractivity contribution is 7.85. The van der Waals surface area contributed by atoms with Crippen LogP contribution in [0.2, 0.25) is 0 Å². The van der Waals surface area contributed by atoms with Gasteiger partial charge >= 0.3 is 0 Å². The third-order valence-electron chi connectivity index (χ3n) is 5.56. The van der Waals surface area contributed by atoms with Gasteiger partial charge in [-0.2, -0.15) is 0 Å². The summed E-state index contributed by atoms with van der Waals surface area (Å²) in [6, 6.07) is 12.8. The molecule has 1 N–H and O–H groups in total. The van der Waals surface area contributed by atoms with E-state index in [-0.39, 0.29) is 0 Å².